The fraction of sp³-hybridized carbons (Fsp3) is 0.333. The topological polar surface area (TPSA) is 80.5 Å². The van der Waals surface area contributed by atoms with Crippen LogP contribution >= 0.6 is 15.9 Å². The van der Waals surface area contributed by atoms with Crippen molar-refractivity contribution in [2.75, 3.05) is 33.0 Å². The average Bonchev–Trinajstić information content (AvgIpc) is 3.09. The summed E-state index contributed by atoms with van der Waals surface area (Å²) in [5.41, 5.74) is 0.776. The van der Waals surface area contributed by atoms with Crippen LogP contribution in [0.5, 0.6) is 17.2 Å². The largest absolute Gasteiger partial charge is 0.507 e. The normalized spacial score (nSPS) is 18.0. The van der Waals surface area contributed by atoms with E-state index in [1.54, 1.807) is 36.4 Å². The average molecular weight is 456 g/mol. The zero-order chi connectivity index (χ0) is 19.0. The molecule has 0 atom stereocenters. The van der Waals surface area contributed by atoms with E-state index in [1.807, 2.05) is 0 Å². The second kappa shape index (κ2) is 7.31. The van der Waals surface area contributed by atoms with Crippen LogP contribution in [0.25, 0.3) is 0 Å². The number of hydrogen-bond donors (Lipinski definition) is 2. The minimum absolute atomic E-state index is 0.164. The van der Waals surface area contributed by atoms with E-state index in [4.69, 9.17) is 9.47 Å². The zero-order valence-corrected chi connectivity index (χ0v) is 16.9. The number of ether oxygens (including phenoxy) is 2. The van der Waals surface area contributed by atoms with Gasteiger partial charge in [0.15, 0.2) is 11.5 Å². The fourth-order valence-electron chi connectivity index (χ4n) is 3.38. The number of piperazine rings is 1. The van der Waals surface area contributed by atoms with Crippen LogP contribution < -0.4 is 14.4 Å². The Morgan fingerprint density at radius 3 is 2.52 bits per heavy atom. The van der Waals surface area contributed by atoms with Crippen molar-refractivity contribution < 1.29 is 27.9 Å². The Kier molecular flexibility index (Phi) is 5.02. The summed E-state index contributed by atoms with van der Waals surface area (Å²) in [6, 6.07) is 10.1. The maximum atomic E-state index is 12.8. The number of aromatic hydroxyl groups is 1. The molecule has 4 rings (SSSR count). The minimum Gasteiger partial charge on any atom is -0.507 e. The number of hydrogen-bond acceptors (Lipinski definition) is 5. The van der Waals surface area contributed by atoms with Gasteiger partial charge in [-0.05, 0) is 24.3 Å². The van der Waals surface area contributed by atoms with Gasteiger partial charge in [-0.3, -0.25) is 0 Å². The van der Waals surface area contributed by atoms with Crippen molar-refractivity contribution in [1.29, 1.82) is 0 Å². The van der Waals surface area contributed by atoms with Gasteiger partial charge in [0.1, 0.15) is 12.3 Å². The van der Waals surface area contributed by atoms with Crippen LogP contribution in [0.1, 0.15) is 5.56 Å². The van der Waals surface area contributed by atoms with Crippen LogP contribution in [0.4, 0.5) is 0 Å². The quantitative estimate of drug-likeness (QED) is 0.717. The molecule has 0 radical (unpaired) electrons. The maximum Gasteiger partial charge on any atom is 0.243 e. The van der Waals surface area contributed by atoms with Gasteiger partial charge in [0, 0.05) is 10.5 Å². The van der Waals surface area contributed by atoms with E-state index in [0.29, 0.717) is 49.1 Å². The molecule has 2 aromatic rings. The van der Waals surface area contributed by atoms with E-state index >= 15 is 0 Å². The number of benzene rings is 2. The third-order valence-corrected chi connectivity index (χ3v) is 7.27. The number of sulfonamides is 1. The van der Waals surface area contributed by atoms with Crippen molar-refractivity contribution in [3.05, 3.63) is 46.4 Å². The third kappa shape index (κ3) is 3.77. The molecule has 0 aromatic heterocycles. The molecule has 0 amide bonds. The highest BCUT2D eigenvalue weighted by molar-refractivity contribution is 9.10. The molecular formula is C18H20BrN2O5S+. The standard InChI is InChI=1S/C18H19BrN2O5S/c19-14-2-1-3-15(9-14)27(23,24)21-6-4-20(5-7-21)11-13-8-17-18(10-16(13)22)26-12-25-17/h1-3,8-10,22H,4-7,11-12H2/p+1. The highest BCUT2D eigenvalue weighted by Gasteiger charge is 2.31. The van der Waals surface area contributed by atoms with Crippen LogP contribution in [0.2, 0.25) is 0 Å². The number of fused-ring (bicyclic) bond motifs is 1. The smallest absolute Gasteiger partial charge is 0.243 e. The van der Waals surface area contributed by atoms with Gasteiger partial charge in [-0.15, -0.1) is 0 Å². The molecule has 7 nitrogen and oxygen atoms in total. The van der Waals surface area contributed by atoms with Crippen molar-refractivity contribution >= 4 is 26.0 Å². The van der Waals surface area contributed by atoms with E-state index in [-0.39, 0.29) is 12.5 Å². The predicted octanol–water partition coefficient (Wildman–Crippen LogP) is 0.973. The monoisotopic (exact) mass is 455 g/mol. The summed E-state index contributed by atoms with van der Waals surface area (Å²) in [7, 11) is -3.49. The molecule has 1 saturated heterocycles. The van der Waals surface area contributed by atoms with Crippen molar-refractivity contribution in [1.82, 2.24) is 4.31 Å². The highest BCUT2D eigenvalue weighted by atomic mass is 79.9. The lowest BCUT2D eigenvalue weighted by Crippen LogP contribution is -3.13. The number of phenols is 1. The van der Waals surface area contributed by atoms with E-state index < -0.39 is 10.0 Å². The molecule has 144 valence electrons. The summed E-state index contributed by atoms with van der Waals surface area (Å²) in [5, 5.41) is 10.2. The lowest BCUT2D eigenvalue weighted by molar-refractivity contribution is -0.917. The van der Waals surface area contributed by atoms with Crippen LogP contribution in [0.15, 0.2) is 45.8 Å². The van der Waals surface area contributed by atoms with Gasteiger partial charge >= 0.3 is 0 Å². The van der Waals surface area contributed by atoms with E-state index in [0.717, 1.165) is 10.0 Å². The number of rotatable bonds is 4. The number of quaternary nitrogens is 1. The van der Waals surface area contributed by atoms with Crippen LogP contribution in [-0.2, 0) is 16.6 Å². The van der Waals surface area contributed by atoms with E-state index in [2.05, 4.69) is 15.9 Å². The summed E-state index contributed by atoms with van der Waals surface area (Å²) in [5.74, 6) is 1.37. The van der Waals surface area contributed by atoms with Crippen molar-refractivity contribution in [3.8, 4) is 17.2 Å². The van der Waals surface area contributed by atoms with Crippen molar-refractivity contribution in [3.63, 3.8) is 0 Å². The highest BCUT2D eigenvalue weighted by Crippen LogP contribution is 2.37. The molecule has 2 N–H and O–H groups in total. The van der Waals surface area contributed by atoms with Gasteiger partial charge in [0.05, 0.1) is 36.6 Å². The first-order valence-corrected chi connectivity index (χ1v) is 10.9. The Morgan fingerprint density at radius 1 is 1.11 bits per heavy atom. The number of nitrogens with one attached hydrogen (secondary N) is 1. The SMILES string of the molecule is O=S(=O)(c1cccc(Br)c1)N1CC[NH+](Cc2cc3c(cc2O)OCO3)CC1. The Labute approximate surface area is 166 Å². The molecule has 2 aliphatic heterocycles. The summed E-state index contributed by atoms with van der Waals surface area (Å²) in [4.78, 5) is 1.51. The Balaban J connectivity index is 1.42. The molecule has 2 aromatic carbocycles. The molecule has 1 fully saturated rings. The zero-order valence-electron chi connectivity index (χ0n) is 14.5. The van der Waals surface area contributed by atoms with Gasteiger partial charge in [-0.25, -0.2) is 8.42 Å². The molecule has 0 saturated carbocycles. The lowest BCUT2D eigenvalue weighted by Gasteiger charge is -2.31. The fourth-order valence-corrected chi connectivity index (χ4v) is 5.42. The van der Waals surface area contributed by atoms with E-state index in [9.17, 15) is 13.5 Å². The predicted molar refractivity (Wildman–Crippen MR) is 102 cm³/mol. The number of nitrogens with zero attached hydrogens (tertiary/aromatic N) is 1. The summed E-state index contributed by atoms with van der Waals surface area (Å²) in [6.07, 6.45) is 0. The molecular weight excluding hydrogens is 436 g/mol. The first-order chi connectivity index (χ1) is 12.9. The summed E-state index contributed by atoms with van der Waals surface area (Å²) >= 11 is 3.32. The van der Waals surface area contributed by atoms with Crippen LogP contribution in [0.3, 0.4) is 0 Å². The maximum absolute atomic E-state index is 12.8. The minimum atomic E-state index is -3.49. The molecule has 27 heavy (non-hydrogen) atoms. The molecule has 9 heteroatoms. The van der Waals surface area contributed by atoms with Crippen LogP contribution in [-0.4, -0.2) is 50.8 Å². The van der Waals surface area contributed by atoms with Crippen molar-refractivity contribution in [2.24, 2.45) is 0 Å². The van der Waals surface area contributed by atoms with Gasteiger partial charge in [0.2, 0.25) is 16.8 Å². The molecule has 0 bridgehead atoms. The molecule has 0 aliphatic carbocycles. The van der Waals surface area contributed by atoms with Gasteiger partial charge in [-0.1, -0.05) is 22.0 Å². The van der Waals surface area contributed by atoms with E-state index in [1.165, 1.54) is 9.21 Å². The van der Waals surface area contributed by atoms with Crippen molar-refractivity contribution in [2.45, 2.75) is 11.4 Å². The second-order valence-electron chi connectivity index (χ2n) is 6.62. The summed E-state index contributed by atoms with van der Waals surface area (Å²) < 4.78 is 38.5. The Bertz CT molecular complexity index is 958. The molecule has 2 aliphatic rings. The van der Waals surface area contributed by atoms with Gasteiger partial charge in [0.25, 0.3) is 0 Å². The number of phenolic OH excluding ortho intramolecular Hbond substituents is 1. The number of halogens is 1. The summed E-state index contributed by atoms with van der Waals surface area (Å²) in [6.45, 7) is 2.98. The Hall–Kier alpha value is -1.81. The molecule has 0 spiro atoms. The lowest BCUT2D eigenvalue weighted by atomic mass is 10.1. The van der Waals surface area contributed by atoms with Crippen LogP contribution in [0, 0.1) is 0 Å². The Morgan fingerprint density at radius 2 is 1.81 bits per heavy atom. The van der Waals surface area contributed by atoms with Gasteiger partial charge < -0.3 is 19.5 Å². The second-order valence-corrected chi connectivity index (χ2v) is 9.48. The first kappa shape index (κ1) is 18.5. The molecule has 2 heterocycles. The third-order valence-electron chi connectivity index (χ3n) is 4.88. The first-order valence-electron chi connectivity index (χ1n) is 8.64. The molecule has 0 unspecified atom stereocenters. The van der Waals surface area contributed by atoms with Gasteiger partial charge in [-0.2, -0.15) is 4.31 Å².